The van der Waals surface area contributed by atoms with E-state index >= 15 is 0 Å². The Labute approximate surface area is 391 Å². The summed E-state index contributed by atoms with van der Waals surface area (Å²) in [5.41, 5.74) is 0. The second kappa shape index (κ2) is 50.9. The molecular formula is C58H88O6. The summed E-state index contributed by atoms with van der Waals surface area (Å²) in [5.74, 6) is -1.12. The van der Waals surface area contributed by atoms with Gasteiger partial charge < -0.3 is 14.2 Å². The average molecular weight is 881 g/mol. The minimum Gasteiger partial charge on any atom is -0.462 e. The molecule has 0 aromatic carbocycles. The quantitative estimate of drug-likeness (QED) is 0.0200. The van der Waals surface area contributed by atoms with Crippen LogP contribution in [-0.2, 0) is 28.6 Å². The maximum Gasteiger partial charge on any atom is 0.306 e. The van der Waals surface area contributed by atoms with E-state index in [0.29, 0.717) is 19.3 Å². The van der Waals surface area contributed by atoms with Crippen molar-refractivity contribution in [3.05, 3.63) is 146 Å². The first kappa shape index (κ1) is 59.3. The summed E-state index contributed by atoms with van der Waals surface area (Å²) in [6.45, 7) is 6.20. The highest BCUT2D eigenvalue weighted by Crippen LogP contribution is 2.10. The standard InChI is InChI=1S/C58H88O6/c1-4-7-10-13-16-19-22-25-27-29-31-33-36-39-42-45-48-51-57(60)63-54-55(53-62-56(59)50-47-44-41-38-35-32-24-21-18-15-12-9-6-3)64-58(61)52-49-46-43-40-37-34-30-28-26-23-20-17-14-11-8-5-2/h8-9,11-12,15-21,24-28,31,33-34,37,39,42-43,46,55H,4-7,10,13-14,22-23,29-30,32,35-36,38,40-41,44-45,47-54H2,1-3H3/b11-8+,12-9+,18-15+,19-16+,20-17+,24-21+,27-25+,28-26+,33-31+,37-34+,42-39+,46-43+. The van der Waals surface area contributed by atoms with Gasteiger partial charge in [0.2, 0.25) is 0 Å². The van der Waals surface area contributed by atoms with Gasteiger partial charge in [-0.3, -0.25) is 14.4 Å². The highest BCUT2D eigenvalue weighted by molar-refractivity contribution is 5.71. The fraction of sp³-hybridized carbons (Fsp3) is 0.534. The van der Waals surface area contributed by atoms with Crippen molar-refractivity contribution in [1.29, 1.82) is 0 Å². The summed E-state index contributed by atoms with van der Waals surface area (Å²) in [6.07, 6.45) is 72.7. The SMILES string of the molecule is CC/C=C/C=C/C=C/CCCCCCCC(=O)OCC(COC(=O)CCC/C=C/C/C=C/C/C=C/C/C=C/CCCCC)OC(=O)CC/C=C/C/C=C/C/C=C/C/C=C/C/C=C/CC. The number of ether oxygens (including phenoxy) is 3. The van der Waals surface area contributed by atoms with E-state index in [1.807, 2.05) is 18.2 Å². The Morgan fingerprint density at radius 1 is 0.344 bits per heavy atom. The van der Waals surface area contributed by atoms with Crippen molar-refractivity contribution < 1.29 is 28.6 Å². The Hall–Kier alpha value is -4.71. The van der Waals surface area contributed by atoms with Crippen molar-refractivity contribution in [3.8, 4) is 0 Å². The number of hydrogen-bond acceptors (Lipinski definition) is 6. The maximum absolute atomic E-state index is 12.8. The largest absolute Gasteiger partial charge is 0.462 e. The number of hydrogen-bond donors (Lipinski definition) is 0. The first-order valence-electron chi connectivity index (χ1n) is 24.9. The number of carbonyl (C=O) groups is 3. The normalized spacial score (nSPS) is 13.4. The average Bonchev–Trinajstić information content (AvgIpc) is 3.29. The number of allylic oxidation sites excluding steroid dienone is 24. The van der Waals surface area contributed by atoms with E-state index in [2.05, 4.69) is 148 Å². The molecule has 0 aromatic rings. The molecule has 0 saturated carbocycles. The third kappa shape index (κ3) is 48.3. The molecule has 0 spiro atoms. The van der Waals surface area contributed by atoms with Crippen LogP contribution >= 0.6 is 0 Å². The lowest BCUT2D eigenvalue weighted by Crippen LogP contribution is -2.30. The van der Waals surface area contributed by atoms with Crippen LogP contribution in [0.2, 0.25) is 0 Å². The number of rotatable bonds is 42. The van der Waals surface area contributed by atoms with Gasteiger partial charge in [0.1, 0.15) is 13.2 Å². The third-order valence-corrected chi connectivity index (χ3v) is 9.63. The minimum atomic E-state index is -0.854. The molecule has 0 aromatic heterocycles. The van der Waals surface area contributed by atoms with Crippen LogP contribution in [0.15, 0.2) is 146 Å². The Bertz CT molecular complexity index is 1480. The molecule has 6 heteroatoms. The van der Waals surface area contributed by atoms with Gasteiger partial charge in [-0.1, -0.05) is 199 Å². The van der Waals surface area contributed by atoms with E-state index < -0.39 is 12.1 Å². The highest BCUT2D eigenvalue weighted by atomic mass is 16.6. The van der Waals surface area contributed by atoms with Gasteiger partial charge in [-0.15, -0.1) is 0 Å². The molecule has 1 atom stereocenters. The molecule has 356 valence electrons. The summed E-state index contributed by atoms with van der Waals surface area (Å²) in [6, 6.07) is 0. The van der Waals surface area contributed by atoms with Gasteiger partial charge in [-0.05, 0) is 109 Å². The summed E-state index contributed by atoms with van der Waals surface area (Å²) >= 11 is 0. The smallest absolute Gasteiger partial charge is 0.306 e. The van der Waals surface area contributed by atoms with Gasteiger partial charge in [0.15, 0.2) is 6.10 Å². The van der Waals surface area contributed by atoms with Gasteiger partial charge in [0.25, 0.3) is 0 Å². The molecule has 0 amide bonds. The lowest BCUT2D eigenvalue weighted by Gasteiger charge is -2.18. The number of carbonyl (C=O) groups excluding carboxylic acids is 3. The molecule has 0 aliphatic carbocycles. The Morgan fingerprint density at radius 2 is 0.734 bits per heavy atom. The van der Waals surface area contributed by atoms with E-state index in [1.165, 1.54) is 25.7 Å². The van der Waals surface area contributed by atoms with Gasteiger partial charge in [0, 0.05) is 19.3 Å². The molecular weight excluding hydrogens is 793 g/mol. The molecule has 0 aliphatic heterocycles. The fourth-order valence-electron chi connectivity index (χ4n) is 5.95. The van der Waals surface area contributed by atoms with Gasteiger partial charge in [-0.25, -0.2) is 0 Å². The molecule has 64 heavy (non-hydrogen) atoms. The van der Waals surface area contributed by atoms with Crippen molar-refractivity contribution in [2.24, 2.45) is 0 Å². The first-order chi connectivity index (χ1) is 31.5. The topological polar surface area (TPSA) is 78.9 Å². The van der Waals surface area contributed by atoms with Gasteiger partial charge >= 0.3 is 17.9 Å². The van der Waals surface area contributed by atoms with Crippen LogP contribution in [0, 0.1) is 0 Å². The maximum atomic E-state index is 12.8. The predicted octanol–water partition coefficient (Wildman–Crippen LogP) is 16.5. The van der Waals surface area contributed by atoms with E-state index in [4.69, 9.17) is 14.2 Å². The van der Waals surface area contributed by atoms with Crippen LogP contribution in [0.3, 0.4) is 0 Å². The summed E-state index contributed by atoms with van der Waals surface area (Å²) in [5, 5.41) is 0. The Kier molecular flexibility index (Phi) is 47.2. The minimum absolute atomic E-state index is 0.142. The predicted molar refractivity (Wildman–Crippen MR) is 274 cm³/mol. The van der Waals surface area contributed by atoms with Crippen LogP contribution < -0.4 is 0 Å². The number of esters is 3. The van der Waals surface area contributed by atoms with Crippen molar-refractivity contribution in [2.45, 2.75) is 187 Å². The molecule has 1 unspecified atom stereocenters. The van der Waals surface area contributed by atoms with Crippen molar-refractivity contribution in [3.63, 3.8) is 0 Å². The molecule has 0 fully saturated rings. The molecule has 0 heterocycles. The van der Waals surface area contributed by atoms with Crippen LogP contribution in [0.4, 0.5) is 0 Å². The van der Waals surface area contributed by atoms with E-state index in [1.54, 1.807) is 0 Å². The Balaban J connectivity index is 4.65. The third-order valence-electron chi connectivity index (χ3n) is 9.63. The molecule has 6 nitrogen and oxygen atoms in total. The van der Waals surface area contributed by atoms with Crippen LogP contribution in [0.25, 0.3) is 0 Å². The summed E-state index contributed by atoms with van der Waals surface area (Å²) in [4.78, 5) is 37.9. The van der Waals surface area contributed by atoms with Crippen molar-refractivity contribution in [1.82, 2.24) is 0 Å². The first-order valence-corrected chi connectivity index (χ1v) is 24.9. The zero-order valence-electron chi connectivity index (χ0n) is 40.5. The molecule has 0 aliphatic rings. The molecule has 0 rings (SSSR count). The Morgan fingerprint density at radius 3 is 1.25 bits per heavy atom. The zero-order chi connectivity index (χ0) is 46.5. The van der Waals surface area contributed by atoms with Gasteiger partial charge in [-0.2, -0.15) is 0 Å². The van der Waals surface area contributed by atoms with E-state index in [-0.39, 0.29) is 38.0 Å². The lowest BCUT2D eigenvalue weighted by molar-refractivity contribution is -0.166. The van der Waals surface area contributed by atoms with Gasteiger partial charge in [0.05, 0.1) is 0 Å². The molecule has 0 bridgehead atoms. The molecule has 0 N–H and O–H groups in total. The summed E-state index contributed by atoms with van der Waals surface area (Å²) in [7, 11) is 0. The monoisotopic (exact) mass is 881 g/mol. The van der Waals surface area contributed by atoms with E-state index in [0.717, 1.165) is 103 Å². The fourth-order valence-corrected chi connectivity index (χ4v) is 5.95. The number of unbranched alkanes of at least 4 members (excludes halogenated alkanes) is 9. The molecule has 0 saturated heterocycles. The molecule has 0 radical (unpaired) electrons. The van der Waals surface area contributed by atoms with E-state index in [9.17, 15) is 14.4 Å². The second-order valence-corrected chi connectivity index (χ2v) is 15.7. The van der Waals surface area contributed by atoms with Crippen LogP contribution in [0.1, 0.15) is 181 Å². The van der Waals surface area contributed by atoms with Crippen LogP contribution in [-0.4, -0.2) is 37.2 Å². The van der Waals surface area contributed by atoms with Crippen molar-refractivity contribution in [2.75, 3.05) is 13.2 Å². The van der Waals surface area contributed by atoms with Crippen molar-refractivity contribution >= 4 is 17.9 Å². The summed E-state index contributed by atoms with van der Waals surface area (Å²) < 4.78 is 16.6. The lowest BCUT2D eigenvalue weighted by atomic mass is 10.1. The highest BCUT2D eigenvalue weighted by Gasteiger charge is 2.19. The second-order valence-electron chi connectivity index (χ2n) is 15.7. The zero-order valence-corrected chi connectivity index (χ0v) is 40.5. The van der Waals surface area contributed by atoms with Crippen LogP contribution in [0.5, 0.6) is 0 Å².